The Morgan fingerprint density at radius 1 is 1.12 bits per heavy atom. The Morgan fingerprint density at radius 2 is 2.00 bits per heavy atom. The van der Waals surface area contributed by atoms with Gasteiger partial charge in [-0.2, -0.15) is 0 Å². The van der Waals surface area contributed by atoms with Crippen LogP contribution in [0.3, 0.4) is 0 Å². The van der Waals surface area contributed by atoms with Crippen molar-refractivity contribution in [3.63, 3.8) is 0 Å². The SMILES string of the molecule is C[C@@H](c1nnc(-c2cccs2)o1)[NH+]1CC=C(c2ccccc2)CC1. The molecule has 2 atom stereocenters. The van der Waals surface area contributed by atoms with Crippen molar-refractivity contribution in [1.29, 1.82) is 0 Å². The van der Waals surface area contributed by atoms with Gasteiger partial charge in [0.15, 0.2) is 6.04 Å². The number of nitrogens with zero attached hydrogens (tertiary/aromatic N) is 2. The fraction of sp³-hybridized carbons (Fsp3) is 0.263. The van der Waals surface area contributed by atoms with Crippen molar-refractivity contribution < 1.29 is 9.32 Å². The van der Waals surface area contributed by atoms with Crippen LogP contribution in [0.5, 0.6) is 0 Å². The molecule has 0 saturated carbocycles. The van der Waals surface area contributed by atoms with Crippen LogP contribution < -0.4 is 4.90 Å². The van der Waals surface area contributed by atoms with Gasteiger partial charge in [0.2, 0.25) is 0 Å². The minimum absolute atomic E-state index is 0.208. The van der Waals surface area contributed by atoms with Crippen LogP contribution in [0.15, 0.2) is 58.3 Å². The molecule has 2 aromatic heterocycles. The third-order valence-electron chi connectivity index (χ3n) is 4.63. The summed E-state index contributed by atoms with van der Waals surface area (Å²) < 4.78 is 5.90. The molecular weight excluding hydrogens is 318 g/mol. The van der Waals surface area contributed by atoms with E-state index in [9.17, 15) is 0 Å². The molecule has 0 aliphatic carbocycles. The number of rotatable bonds is 4. The summed E-state index contributed by atoms with van der Waals surface area (Å²) in [5, 5.41) is 10.5. The summed E-state index contributed by atoms with van der Waals surface area (Å²) in [4.78, 5) is 2.50. The quantitative estimate of drug-likeness (QED) is 0.794. The highest BCUT2D eigenvalue weighted by Gasteiger charge is 2.27. The Labute approximate surface area is 145 Å². The minimum atomic E-state index is 0.208. The van der Waals surface area contributed by atoms with Gasteiger partial charge in [-0.05, 0) is 35.6 Å². The van der Waals surface area contributed by atoms with E-state index >= 15 is 0 Å². The van der Waals surface area contributed by atoms with Crippen LogP contribution >= 0.6 is 11.3 Å². The largest absolute Gasteiger partial charge is 0.414 e. The van der Waals surface area contributed by atoms with Crippen molar-refractivity contribution in [1.82, 2.24) is 10.2 Å². The highest BCUT2D eigenvalue weighted by Crippen LogP contribution is 2.24. The van der Waals surface area contributed by atoms with Crippen LogP contribution in [-0.2, 0) is 0 Å². The van der Waals surface area contributed by atoms with Crippen LogP contribution in [-0.4, -0.2) is 23.3 Å². The van der Waals surface area contributed by atoms with E-state index < -0.39 is 0 Å². The molecule has 4 nitrogen and oxygen atoms in total. The molecule has 122 valence electrons. The average Bonchev–Trinajstić information content (AvgIpc) is 3.33. The predicted molar refractivity (Wildman–Crippen MR) is 95.8 cm³/mol. The van der Waals surface area contributed by atoms with Gasteiger partial charge in [-0.3, -0.25) is 0 Å². The smallest absolute Gasteiger partial charge is 0.274 e. The van der Waals surface area contributed by atoms with Gasteiger partial charge < -0.3 is 9.32 Å². The molecule has 4 rings (SSSR count). The van der Waals surface area contributed by atoms with Crippen LogP contribution in [0.4, 0.5) is 0 Å². The molecule has 1 aliphatic rings. The van der Waals surface area contributed by atoms with Crippen LogP contribution in [0, 0.1) is 0 Å². The van der Waals surface area contributed by atoms with Gasteiger partial charge in [0.05, 0.1) is 18.0 Å². The van der Waals surface area contributed by atoms with E-state index in [1.54, 1.807) is 11.3 Å². The van der Waals surface area contributed by atoms with E-state index in [-0.39, 0.29) is 6.04 Å². The second kappa shape index (κ2) is 6.71. The van der Waals surface area contributed by atoms with Crippen molar-refractivity contribution in [2.75, 3.05) is 13.1 Å². The Kier molecular flexibility index (Phi) is 4.28. The fourth-order valence-corrected chi connectivity index (χ4v) is 3.79. The fourth-order valence-electron chi connectivity index (χ4n) is 3.15. The number of benzene rings is 1. The number of hydrogen-bond acceptors (Lipinski definition) is 4. The van der Waals surface area contributed by atoms with E-state index in [0.717, 1.165) is 30.3 Å². The van der Waals surface area contributed by atoms with Gasteiger partial charge in [0, 0.05) is 6.42 Å². The molecule has 0 spiro atoms. The van der Waals surface area contributed by atoms with Crippen molar-refractivity contribution in [3.05, 3.63) is 65.4 Å². The minimum Gasteiger partial charge on any atom is -0.414 e. The maximum Gasteiger partial charge on any atom is 0.274 e. The topological polar surface area (TPSA) is 43.4 Å². The Balaban J connectivity index is 1.46. The first-order chi connectivity index (χ1) is 11.8. The maximum absolute atomic E-state index is 5.90. The molecule has 3 heterocycles. The first-order valence-corrected chi connectivity index (χ1v) is 9.15. The lowest BCUT2D eigenvalue weighted by Gasteiger charge is -2.27. The normalized spacial score (nSPS) is 19.0. The van der Waals surface area contributed by atoms with Crippen molar-refractivity contribution in [3.8, 4) is 10.8 Å². The zero-order valence-corrected chi connectivity index (χ0v) is 14.4. The van der Waals surface area contributed by atoms with Gasteiger partial charge in [0.1, 0.15) is 0 Å². The molecule has 0 amide bonds. The highest BCUT2D eigenvalue weighted by molar-refractivity contribution is 7.13. The van der Waals surface area contributed by atoms with Crippen molar-refractivity contribution in [2.24, 2.45) is 0 Å². The summed E-state index contributed by atoms with van der Waals surface area (Å²) >= 11 is 1.62. The molecule has 1 aliphatic heterocycles. The van der Waals surface area contributed by atoms with E-state index in [1.807, 2.05) is 17.5 Å². The van der Waals surface area contributed by atoms with Crippen LogP contribution in [0.1, 0.15) is 30.8 Å². The van der Waals surface area contributed by atoms with E-state index in [0.29, 0.717) is 5.89 Å². The van der Waals surface area contributed by atoms with E-state index in [1.165, 1.54) is 16.0 Å². The van der Waals surface area contributed by atoms with Gasteiger partial charge >= 0.3 is 0 Å². The van der Waals surface area contributed by atoms with Crippen molar-refractivity contribution in [2.45, 2.75) is 19.4 Å². The second-order valence-electron chi connectivity index (χ2n) is 6.10. The molecular formula is C19H20N3OS+. The Morgan fingerprint density at radius 3 is 2.71 bits per heavy atom. The summed E-state index contributed by atoms with van der Waals surface area (Å²) in [6.07, 6.45) is 3.43. The van der Waals surface area contributed by atoms with Crippen molar-refractivity contribution >= 4 is 16.9 Å². The standard InChI is InChI=1S/C19H19N3OS/c1-14(18-20-21-19(23-18)17-8-5-13-24-17)22-11-9-16(10-12-22)15-6-3-2-4-7-15/h2-9,13-14H,10-12H2,1H3/p+1/t14-/m0/s1. The van der Waals surface area contributed by atoms with Gasteiger partial charge in [0.25, 0.3) is 11.8 Å². The Hall–Kier alpha value is -2.24. The molecule has 0 bridgehead atoms. The molecule has 1 N–H and O–H groups in total. The predicted octanol–water partition coefficient (Wildman–Crippen LogP) is 3.23. The lowest BCUT2D eigenvalue weighted by atomic mass is 9.99. The third-order valence-corrected chi connectivity index (χ3v) is 5.48. The zero-order chi connectivity index (χ0) is 16.4. The Bertz CT molecular complexity index is 823. The van der Waals surface area contributed by atoms with Crippen LogP contribution in [0.2, 0.25) is 0 Å². The first kappa shape index (κ1) is 15.3. The average molecular weight is 338 g/mol. The monoisotopic (exact) mass is 338 g/mol. The molecule has 5 heteroatoms. The molecule has 24 heavy (non-hydrogen) atoms. The summed E-state index contributed by atoms with van der Waals surface area (Å²) in [7, 11) is 0. The number of quaternary nitrogens is 1. The molecule has 3 aromatic rings. The second-order valence-corrected chi connectivity index (χ2v) is 7.05. The third kappa shape index (κ3) is 3.05. The number of thiophene rings is 1. The highest BCUT2D eigenvalue weighted by atomic mass is 32.1. The molecule has 0 saturated heterocycles. The first-order valence-electron chi connectivity index (χ1n) is 8.27. The summed E-state index contributed by atoms with van der Waals surface area (Å²) in [5.41, 5.74) is 2.78. The molecule has 0 fully saturated rings. The lowest BCUT2D eigenvalue weighted by molar-refractivity contribution is -0.926. The lowest BCUT2D eigenvalue weighted by Crippen LogP contribution is -3.12. The van der Waals surface area contributed by atoms with E-state index in [2.05, 4.69) is 53.5 Å². The summed E-state index contributed by atoms with van der Waals surface area (Å²) in [5.74, 6) is 1.36. The number of hydrogen-bond donors (Lipinski definition) is 1. The summed E-state index contributed by atoms with van der Waals surface area (Å²) in [6, 6.07) is 14.9. The molecule has 1 unspecified atom stereocenters. The van der Waals surface area contributed by atoms with Crippen LogP contribution in [0.25, 0.3) is 16.3 Å². The van der Waals surface area contributed by atoms with E-state index in [4.69, 9.17) is 4.42 Å². The molecule has 0 radical (unpaired) electrons. The van der Waals surface area contributed by atoms with Gasteiger partial charge in [-0.1, -0.05) is 36.4 Å². The zero-order valence-electron chi connectivity index (χ0n) is 13.6. The van der Waals surface area contributed by atoms with Gasteiger partial charge in [-0.25, -0.2) is 0 Å². The number of nitrogens with one attached hydrogen (secondary N) is 1. The molecule has 1 aromatic carbocycles. The van der Waals surface area contributed by atoms with Gasteiger partial charge in [-0.15, -0.1) is 21.5 Å². The summed E-state index contributed by atoms with van der Waals surface area (Å²) in [6.45, 7) is 4.24. The number of aromatic nitrogens is 2. The maximum atomic E-state index is 5.90.